The van der Waals surface area contributed by atoms with Crippen LogP contribution in [0.25, 0.3) is 0 Å². The zero-order valence-corrected chi connectivity index (χ0v) is 9.47. The minimum atomic E-state index is -3.00. The summed E-state index contributed by atoms with van der Waals surface area (Å²) in [6.45, 7) is 6.21. The molecule has 4 heteroatoms. The maximum Gasteiger partial charge on any atom is 0.216 e. The minimum absolute atomic E-state index is 0.278. The lowest BCUT2D eigenvalue weighted by molar-refractivity contribution is 0.398. The molecule has 3 nitrogen and oxygen atoms in total. The Labute approximate surface area is 81.2 Å². The summed E-state index contributed by atoms with van der Waals surface area (Å²) in [7, 11) is -3.00. The molecule has 0 aromatic heterocycles. The Hall–Kier alpha value is -0.0900. The smallest absolute Gasteiger partial charge is 0.212 e. The van der Waals surface area contributed by atoms with Gasteiger partial charge in [0.05, 0.1) is 5.25 Å². The van der Waals surface area contributed by atoms with Crippen LogP contribution in [0.5, 0.6) is 0 Å². The highest BCUT2D eigenvalue weighted by atomic mass is 32.2. The molecule has 0 unspecified atom stereocenters. The van der Waals surface area contributed by atoms with Crippen LogP contribution < -0.4 is 0 Å². The van der Waals surface area contributed by atoms with Crippen LogP contribution in [0, 0.1) is 0 Å². The van der Waals surface area contributed by atoms with Gasteiger partial charge in [-0.15, -0.1) is 0 Å². The third-order valence-electron chi connectivity index (χ3n) is 2.32. The van der Waals surface area contributed by atoms with E-state index in [4.69, 9.17) is 0 Å². The average molecular weight is 205 g/mol. The van der Waals surface area contributed by atoms with E-state index in [1.165, 1.54) is 0 Å². The van der Waals surface area contributed by atoms with Crippen LogP contribution in [0.1, 0.15) is 40.0 Å². The fourth-order valence-corrected chi connectivity index (χ4v) is 2.98. The predicted octanol–water partition coefficient (Wildman–Crippen LogP) is 1.60. The molecule has 0 radical (unpaired) electrons. The van der Waals surface area contributed by atoms with Gasteiger partial charge in [0.2, 0.25) is 10.0 Å². The molecular formula is C9H19NO2S. The van der Waals surface area contributed by atoms with E-state index in [2.05, 4.69) is 0 Å². The van der Waals surface area contributed by atoms with Crippen molar-refractivity contribution < 1.29 is 8.42 Å². The van der Waals surface area contributed by atoms with E-state index in [1.807, 2.05) is 6.92 Å². The molecule has 0 atom stereocenters. The van der Waals surface area contributed by atoms with Gasteiger partial charge in [0, 0.05) is 12.6 Å². The number of rotatable bonds is 5. The Morgan fingerprint density at radius 3 is 2.23 bits per heavy atom. The molecule has 0 bridgehead atoms. The molecule has 0 aromatic rings. The first-order valence-electron chi connectivity index (χ1n) is 5.00. The Kier molecular flexibility index (Phi) is 3.35. The van der Waals surface area contributed by atoms with Gasteiger partial charge in [0.15, 0.2) is 0 Å². The van der Waals surface area contributed by atoms with Gasteiger partial charge in [0.1, 0.15) is 0 Å². The van der Waals surface area contributed by atoms with Crippen LogP contribution in [-0.4, -0.2) is 30.6 Å². The molecule has 0 spiro atoms. The molecule has 0 N–H and O–H groups in total. The Balaban J connectivity index is 2.73. The van der Waals surface area contributed by atoms with E-state index < -0.39 is 10.0 Å². The van der Waals surface area contributed by atoms with Gasteiger partial charge in [-0.1, -0.05) is 6.92 Å². The van der Waals surface area contributed by atoms with Crippen LogP contribution in [0.3, 0.4) is 0 Å². The van der Waals surface area contributed by atoms with Gasteiger partial charge in [-0.2, -0.15) is 4.31 Å². The van der Waals surface area contributed by atoms with Gasteiger partial charge in [-0.3, -0.25) is 0 Å². The van der Waals surface area contributed by atoms with E-state index in [9.17, 15) is 8.42 Å². The second-order valence-electron chi connectivity index (χ2n) is 3.94. The lowest BCUT2D eigenvalue weighted by Crippen LogP contribution is -2.38. The molecule has 1 fully saturated rings. The summed E-state index contributed by atoms with van der Waals surface area (Å²) < 4.78 is 25.3. The Morgan fingerprint density at radius 2 is 1.92 bits per heavy atom. The molecular weight excluding hydrogens is 186 g/mol. The standard InChI is InChI=1S/C9H19NO2S/c1-4-7-10(9-5-6-9)13(11,12)8(2)3/h8-9H,4-7H2,1-3H3. The molecule has 1 rings (SSSR count). The molecule has 1 aliphatic carbocycles. The third-order valence-corrected chi connectivity index (χ3v) is 4.65. The topological polar surface area (TPSA) is 37.4 Å². The molecule has 13 heavy (non-hydrogen) atoms. The highest BCUT2D eigenvalue weighted by Gasteiger charge is 2.37. The van der Waals surface area contributed by atoms with Crippen molar-refractivity contribution in [1.29, 1.82) is 0 Å². The minimum Gasteiger partial charge on any atom is -0.212 e. The van der Waals surface area contributed by atoms with Crippen molar-refractivity contribution >= 4 is 10.0 Å². The maximum absolute atomic E-state index is 11.8. The third kappa shape index (κ3) is 2.44. The lowest BCUT2D eigenvalue weighted by Gasteiger charge is -2.23. The first kappa shape index (κ1) is 11.0. The van der Waals surface area contributed by atoms with Crippen molar-refractivity contribution in [2.24, 2.45) is 0 Å². The van der Waals surface area contributed by atoms with Crippen molar-refractivity contribution in [1.82, 2.24) is 4.31 Å². The van der Waals surface area contributed by atoms with Crippen molar-refractivity contribution in [2.75, 3.05) is 6.54 Å². The van der Waals surface area contributed by atoms with E-state index >= 15 is 0 Å². The molecule has 0 amide bonds. The average Bonchev–Trinajstić information content (AvgIpc) is 2.82. The lowest BCUT2D eigenvalue weighted by atomic mass is 10.5. The first-order chi connectivity index (χ1) is 6.00. The largest absolute Gasteiger partial charge is 0.216 e. The monoisotopic (exact) mass is 205 g/mol. The van der Waals surface area contributed by atoms with Crippen LogP contribution in [-0.2, 0) is 10.0 Å². The second kappa shape index (κ2) is 3.96. The van der Waals surface area contributed by atoms with Crippen molar-refractivity contribution in [3.63, 3.8) is 0 Å². The number of hydrogen-bond acceptors (Lipinski definition) is 2. The molecule has 1 saturated carbocycles. The van der Waals surface area contributed by atoms with Crippen LogP contribution >= 0.6 is 0 Å². The molecule has 1 aliphatic rings. The summed E-state index contributed by atoms with van der Waals surface area (Å²) >= 11 is 0. The summed E-state index contributed by atoms with van der Waals surface area (Å²) in [5.74, 6) is 0. The van der Waals surface area contributed by atoms with E-state index in [-0.39, 0.29) is 5.25 Å². The molecule has 0 saturated heterocycles. The zero-order valence-electron chi connectivity index (χ0n) is 8.66. The van der Waals surface area contributed by atoms with Gasteiger partial charge in [-0.25, -0.2) is 8.42 Å². The maximum atomic E-state index is 11.8. The Morgan fingerprint density at radius 1 is 1.38 bits per heavy atom. The van der Waals surface area contributed by atoms with Crippen LogP contribution in [0.4, 0.5) is 0 Å². The van der Waals surface area contributed by atoms with Gasteiger partial charge < -0.3 is 0 Å². The number of nitrogens with zero attached hydrogens (tertiary/aromatic N) is 1. The summed E-state index contributed by atoms with van der Waals surface area (Å²) in [4.78, 5) is 0. The second-order valence-corrected chi connectivity index (χ2v) is 6.38. The van der Waals surface area contributed by atoms with Crippen molar-refractivity contribution in [3.05, 3.63) is 0 Å². The number of hydrogen-bond donors (Lipinski definition) is 0. The summed E-state index contributed by atoms with van der Waals surface area (Å²) in [6, 6.07) is 0.312. The molecule has 0 aliphatic heterocycles. The number of sulfonamides is 1. The fraction of sp³-hybridized carbons (Fsp3) is 1.00. The molecule has 78 valence electrons. The molecule has 0 heterocycles. The van der Waals surface area contributed by atoms with E-state index in [1.54, 1.807) is 18.2 Å². The summed E-state index contributed by atoms with van der Waals surface area (Å²) in [5, 5.41) is -0.278. The van der Waals surface area contributed by atoms with E-state index in [0.717, 1.165) is 19.3 Å². The van der Waals surface area contributed by atoms with Crippen molar-refractivity contribution in [3.8, 4) is 0 Å². The van der Waals surface area contributed by atoms with Gasteiger partial charge in [-0.05, 0) is 33.1 Å². The Bertz CT molecular complexity index is 255. The highest BCUT2D eigenvalue weighted by molar-refractivity contribution is 7.89. The van der Waals surface area contributed by atoms with E-state index in [0.29, 0.717) is 12.6 Å². The normalized spacial score (nSPS) is 18.5. The van der Waals surface area contributed by atoms with Crippen molar-refractivity contribution in [2.45, 2.75) is 51.3 Å². The first-order valence-corrected chi connectivity index (χ1v) is 6.51. The predicted molar refractivity (Wildman–Crippen MR) is 54.1 cm³/mol. The van der Waals surface area contributed by atoms with Crippen LogP contribution in [0.2, 0.25) is 0 Å². The summed E-state index contributed by atoms with van der Waals surface area (Å²) in [5.41, 5.74) is 0. The van der Waals surface area contributed by atoms with Gasteiger partial charge in [0.25, 0.3) is 0 Å². The highest BCUT2D eigenvalue weighted by Crippen LogP contribution is 2.30. The van der Waals surface area contributed by atoms with Gasteiger partial charge >= 0.3 is 0 Å². The van der Waals surface area contributed by atoms with Crippen LogP contribution in [0.15, 0.2) is 0 Å². The zero-order chi connectivity index (χ0) is 10.1. The SMILES string of the molecule is CCCN(C1CC1)S(=O)(=O)C(C)C. The fourth-order valence-electron chi connectivity index (χ4n) is 1.37. The quantitative estimate of drug-likeness (QED) is 0.683. The molecule has 0 aromatic carbocycles. The summed E-state index contributed by atoms with van der Waals surface area (Å²) in [6.07, 6.45) is 3.00.